The fraction of sp³-hybridized carbons (Fsp3) is 0.238. The van der Waals surface area contributed by atoms with Gasteiger partial charge in [0, 0.05) is 18.7 Å². The molecule has 0 fully saturated rings. The molecule has 0 bridgehead atoms. The summed E-state index contributed by atoms with van der Waals surface area (Å²) in [5.41, 5.74) is 5.04. The van der Waals surface area contributed by atoms with Gasteiger partial charge in [0.1, 0.15) is 5.75 Å². The van der Waals surface area contributed by atoms with Gasteiger partial charge in [0.15, 0.2) is 0 Å². The van der Waals surface area contributed by atoms with Gasteiger partial charge in [0.25, 0.3) is 0 Å². The van der Waals surface area contributed by atoms with E-state index in [4.69, 9.17) is 4.74 Å². The van der Waals surface area contributed by atoms with Crippen LogP contribution in [0.4, 0.5) is 5.69 Å². The summed E-state index contributed by atoms with van der Waals surface area (Å²) in [7, 11) is 0. The van der Waals surface area contributed by atoms with Gasteiger partial charge in [-0.1, -0.05) is 12.1 Å². The second kappa shape index (κ2) is 7.40. The van der Waals surface area contributed by atoms with Crippen molar-refractivity contribution in [2.75, 3.05) is 18.5 Å². The lowest BCUT2D eigenvalue weighted by molar-refractivity contribution is 0.0697. The number of aromatic carboxylic acids is 1. The standard InChI is InChI=1S/C21H20N2O3S/c1-13-20(18(21(24)25)4-7-22-13)23-11-15-5-8-26-19-10-14(2-3-17(15)19)16-6-9-27-12-16/h2-4,6-7,9-10,12,15,23H,5,8,11H2,1H3,(H,24,25)/t15-/m1/s1. The maximum atomic E-state index is 11.5. The van der Waals surface area contributed by atoms with E-state index >= 15 is 0 Å². The third-order valence-electron chi connectivity index (χ3n) is 4.93. The molecule has 6 heteroatoms. The molecular weight excluding hydrogens is 360 g/mol. The first-order valence-corrected chi connectivity index (χ1v) is 9.80. The van der Waals surface area contributed by atoms with Crippen molar-refractivity contribution in [1.29, 1.82) is 0 Å². The van der Waals surface area contributed by atoms with Crippen molar-refractivity contribution in [1.82, 2.24) is 4.98 Å². The van der Waals surface area contributed by atoms with Crippen LogP contribution in [-0.4, -0.2) is 29.2 Å². The van der Waals surface area contributed by atoms with Gasteiger partial charge in [-0.2, -0.15) is 11.3 Å². The summed E-state index contributed by atoms with van der Waals surface area (Å²) in [5, 5.41) is 16.9. The van der Waals surface area contributed by atoms with Gasteiger partial charge in [-0.15, -0.1) is 0 Å². The number of pyridine rings is 1. The highest BCUT2D eigenvalue weighted by Gasteiger charge is 2.23. The molecular formula is C21H20N2O3S. The molecule has 2 N–H and O–H groups in total. The topological polar surface area (TPSA) is 71.5 Å². The molecule has 3 heterocycles. The molecule has 0 saturated heterocycles. The van der Waals surface area contributed by atoms with Crippen LogP contribution in [0.3, 0.4) is 0 Å². The Morgan fingerprint density at radius 2 is 2.22 bits per heavy atom. The number of nitrogens with one attached hydrogen (secondary N) is 1. The molecule has 2 aromatic heterocycles. The van der Waals surface area contributed by atoms with Crippen molar-refractivity contribution in [2.24, 2.45) is 0 Å². The van der Waals surface area contributed by atoms with Crippen LogP contribution in [-0.2, 0) is 0 Å². The lowest BCUT2D eigenvalue weighted by Gasteiger charge is -2.27. The van der Waals surface area contributed by atoms with Crippen LogP contribution >= 0.6 is 11.3 Å². The Bertz CT molecular complexity index is 970. The van der Waals surface area contributed by atoms with E-state index in [1.165, 1.54) is 17.8 Å². The van der Waals surface area contributed by atoms with Crippen molar-refractivity contribution < 1.29 is 14.6 Å². The monoisotopic (exact) mass is 380 g/mol. The minimum atomic E-state index is -0.948. The maximum Gasteiger partial charge on any atom is 0.337 e. The number of carboxylic acids is 1. The summed E-state index contributed by atoms with van der Waals surface area (Å²) < 4.78 is 5.90. The number of hydrogen-bond donors (Lipinski definition) is 2. The highest BCUT2D eigenvalue weighted by atomic mass is 32.1. The van der Waals surface area contributed by atoms with Gasteiger partial charge in [-0.05, 0) is 59.0 Å². The SMILES string of the molecule is Cc1nccc(C(=O)O)c1NC[C@H]1CCOc2cc(-c3ccsc3)ccc21. The molecule has 138 valence electrons. The van der Waals surface area contributed by atoms with E-state index in [0.717, 1.165) is 23.3 Å². The van der Waals surface area contributed by atoms with Crippen LogP contribution in [0.5, 0.6) is 5.75 Å². The van der Waals surface area contributed by atoms with Gasteiger partial charge < -0.3 is 15.2 Å². The first-order chi connectivity index (χ1) is 13.1. The summed E-state index contributed by atoms with van der Waals surface area (Å²) in [4.78, 5) is 15.7. The molecule has 1 aliphatic rings. The Morgan fingerprint density at radius 1 is 1.33 bits per heavy atom. The number of fused-ring (bicyclic) bond motifs is 1. The van der Waals surface area contributed by atoms with E-state index in [9.17, 15) is 9.90 Å². The lowest BCUT2D eigenvalue weighted by atomic mass is 9.91. The third-order valence-corrected chi connectivity index (χ3v) is 5.61. The molecule has 0 spiro atoms. The number of ether oxygens (including phenoxy) is 1. The normalized spacial score (nSPS) is 15.7. The predicted octanol–water partition coefficient (Wildman–Crippen LogP) is 4.79. The Kier molecular flexibility index (Phi) is 4.81. The number of hydrogen-bond acceptors (Lipinski definition) is 5. The highest BCUT2D eigenvalue weighted by Crippen LogP contribution is 2.37. The lowest BCUT2D eigenvalue weighted by Crippen LogP contribution is -2.22. The number of carboxylic acid groups (broad SMARTS) is 1. The number of anilines is 1. The second-order valence-corrected chi connectivity index (χ2v) is 7.38. The number of nitrogens with zero attached hydrogens (tertiary/aromatic N) is 1. The van der Waals surface area contributed by atoms with E-state index in [1.54, 1.807) is 11.3 Å². The Hall–Kier alpha value is -2.86. The Labute approximate surface area is 161 Å². The minimum absolute atomic E-state index is 0.252. The minimum Gasteiger partial charge on any atom is -0.493 e. The van der Waals surface area contributed by atoms with Crippen LogP contribution in [0, 0.1) is 6.92 Å². The van der Waals surface area contributed by atoms with Crippen molar-refractivity contribution in [3.8, 4) is 16.9 Å². The Morgan fingerprint density at radius 3 is 3.00 bits per heavy atom. The third kappa shape index (κ3) is 3.53. The smallest absolute Gasteiger partial charge is 0.337 e. The summed E-state index contributed by atoms with van der Waals surface area (Å²) in [6, 6.07) is 9.99. The first kappa shape index (κ1) is 17.5. The number of carbonyl (C=O) groups is 1. The van der Waals surface area contributed by atoms with E-state index in [-0.39, 0.29) is 11.5 Å². The van der Waals surface area contributed by atoms with Crippen LogP contribution in [0.2, 0.25) is 0 Å². The number of rotatable bonds is 5. The molecule has 0 amide bonds. The van der Waals surface area contributed by atoms with Crippen molar-refractivity contribution in [3.05, 3.63) is 64.1 Å². The Balaban J connectivity index is 1.57. The van der Waals surface area contributed by atoms with E-state index in [0.29, 0.717) is 24.5 Å². The van der Waals surface area contributed by atoms with Crippen LogP contribution in [0.1, 0.15) is 34.0 Å². The maximum absolute atomic E-state index is 11.5. The molecule has 0 radical (unpaired) electrons. The zero-order chi connectivity index (χ0) is 18.8. The van der Waals surface area contributed by atoms with Gasteiger partial charge in [-0.25, -0.2) is 4.79 Å². The number of aromatic nitrogens is 1. The number of aryl methyl sites for hydroxylation is 1. The van der Waals surface area contributed by atoms with Gasteiger partial charge in [-0.3, -0.25) is 4.98 Å². The van der Waals surface area contributed by atoms with Crippen molar-refractivity contribution in [3.63, 3.8) is 0 Å². The van der Waals surface area contributed by atoms with Crippen LogP contribution in [0.25, 0.3) is 11.1 Å². The second-order valence-electron chi connectivity index (χ2n) is 6.60. The number of benzene rings is 1. The van der Waals surface area contributed by atoms with Gasteiger partial charge >= 0.3 is 5.97 Å². The average molecular weight is 380 g/mol. The summed E-state index contributed by atoms with van der Waals surface area (Å²) in [6.45, 7) is 3.12. The van der Waals surface area contributed by atoms with Gasteiger partial charge in [0.2, 0.25) is 0 Å². The molecule has 27 heavy (non-hydrogen) atoms. The molecule has 0 unspecified atom stereocenters. The first-order valence-electron chi connectivity index (χ1n) is 8.85. The highest BCUT2D eigenvalue weighted by molar-refractivity contribution is 7.08. The number of thiophene rings is 1. The molecule has 0 saturated carbocycles. The summed E-state index contributed by atoms with van der Waals surface area (Å²) in [5.74, 6) is 0.223. The molecule has 0 aliphatic carbocycles. The van der Waals surface area contributed by atoms with E-state index < -0.39 is 5.97 Å². The zero-order valence-electron chi connectivity index (χ0n) is 14.9. The quantitative estimate of drug-likeness (QED) is 0.666. The molecule has 5 nitrogen and oxygen atoms in total. The molecule has 1 aromatic carbocycles. The van der Waals surface area contributed by atoms with Gasteiger partial charge in [0.05, 0.1) is 23.6 Å². The average Bonchev–Trinajstić information content (AvgIpc) is 3.21. The summed E-state index contributed by atoms with van der Waals surface area (Å²) in [6.07, 6.45) is 2.42. The van der Waals surface area contributed by atoms with Crippen LogP contribution in [0.15, 0.2) is 47.3 Å². The molecule has 1 aliphatic heterocycles. The summed E-state index contributed by atoms with van der Waals surface area (Å²) >= 11 is 1.68. The molecule has 4 rings (SSSR count). The fourth-order valence-corrected chi connectivity index (χ4v) is 4.14. The van der Waals surface area contributed by atoms with Crippen LogP contribution < -0.4 is 10.1 Å². The predicted molar refractivity (Wildman–Crippen MR) is 107 cm³/mol. The van der Waals surface area contributed by atoms with Crippen molar-refractivity contribution in [2.45, 2.75) is 19.3 Å². The zero-order valence-corrected chi connectivity index (χ0v) is 15.8. The van der Waals surface area contributed by atoms with Crippen molar-refractivity contribution >= 4 is 23.0 Å². The van der Waals surface area contributed by atoms with E-state index in [2.05, 4.69) is 45.3 Å². The largest absolute Gasteiger partial charge is 0.493 e. The van der Waals surface area contributed by atoms with E-state index in [1.807, 2.05) is 6.92 Å². The fourth-order valence-electron chi connectivity index (χ4n) is 3.48. The molecule has 1 atom stereocenters. The molecule has 3 aromatic rings.